The minimum absolute atomic E-state index is 0.0909. The molecular weight excluding hydrogens is 653 g/mol. The third-order valence-electron chi connectivity index (χ3n) is 9.41. The number of anilines is 1. The van der Waals surface area contributed by atoms with Crippen molar-refractivity contribution in [1.29, 1.82) is 0 Å². The number of carbonyl (C=O) groups excluding carboxylic acids is 1. The van der Waals surface area contributed by atoms with Crippen LogP contribution in [0.4, 0.5) is 5.69 Å². The number of carbonyl (C=O) groups is 1. The van der Waals surface area contributed by atoms with E-state index in [-0.39, 0.29) is 5.91 Å². The standard InChI is InChI=1S/C39H54N4O6S/c1-40(2)17-11-19-43-32-12-7-8-13-36(32)50-38(39(43)44)31-28-30(45-3)14-15-33(31)49-25-10-9-18-41-21-23-42(24-22-41)20-16-29-26-34(46-4)37(48-6)35(27-29)47-5/h7-8,12-15,26-28,38H,9-11,16-25H2,1-6H3. The summed E-state index contributed by atoms with van der Waals surface area (Å²) in [6.07, 6.45) is 3.82. The first kappa shape index (κ1) is 37.6. The molecule has 272 valence electrons. The SMILES string of the molecule is COc1ccc(OCCCCN2CCN(CCc3cc(OC)c(OC)c(OC)c3)CC2)c(C2Sc3ccccc3N(CCCN(C)C)C2=O)c1. The number of nitrogens with zero attached hydrogens (tertiary/aromatic N) is 4. The van der Waals surface area contributed by atoms with Crippen LogP contribution in [0.3, 0.4) is 0 Å². The molecule has 5 rings (SSSR count). The Morgan fingerprint density at radius 1 is 0.760 bits per heavy atom. The van der Waals surface area contributed by atoms with Gasteiger partial charge in [0.1, 0.15) is 16.7 Å². The van der Waals surface area contributed by atoms with Gasteiger partial charge in [0.2, 0.25) is 11.7 Å². The van der Waals surface area contributed by atoms with Gasteiger partial charge in [-0.25, -0.2) is 0 Å². The Morgan fingerprint density at radius 2 is 1.46 bits per heavy atom. The Balaban J connectivity index is 1.10. The Bertz CT molecular complexity index is 1520. The van der Waals surface area contributed by atoms with Crippen LogP contribution >= 0.6 is 11.8 Å². The summed E-state index contributed by atoms with van der Waals surface area (Å²) in [5, 5.41) is -0.403. The summed E-state index contributed by atoms with van der Waals surface area (Å²) in [6.45, 7) is 8.47. The molecule has 11 heteroatoms. The predicted molar refractivity (Wildman–Crippen MR) is 201 cm³/mol. The molecule has 10 nitrogen and oxygen atoms in total. The molecule has 1 fully saturated rings. The van der Waals surface area contributed by atoms with E-state index >= 15 is 0 Å². The lowest BCUT2D eigenvalue weighted by Crippen LogP contribution is -2.47. The Hall–Kier alpha value is -3.64. The summed E-state index contributed by atoms with van der Waals surface area (Å²) in [5.74, 6) is 3.59. The van der Waals surface area contributed by atoms with E-state index in [0.29, 0.717) is 30.4 Å². The minimum atomic E-state index is -0.403. The molecule has 1 saturated heterocycles. The fourth-order valence-corrected chi connectivity index (χ4v) is 7.85. The number of piperazine rings is 1. The lowest BCUT2D eigenvalue weighted by molar-refractivity contribution is -0.118. The van der Waals surface area contributed by atoms with Crippen LogP contribution in [0.1, 0.15) is 35.6 Å². The van der Waals surface area contributed by atoms with Crippen molar-refractivity contribution in [3.8, 4) is 28.7 Å². The van der Waals surface area contributed by atoms with Crippen LogP contribution in [-0.2, 0) is 11.2 Å². The van der Waals surface area contributed by atoms with Crippen LogP contribution < -0.4 is 28.6 Å². The van der Waals surface area contributed by atoms with E-state index < -0.39 is 5.25 Å². The summed E-state index contributed by atoms with van der Waals surface area (Å²) in [6, 6.07) is 18.1. The van der Waals surface area contributed by atoms with Gasteiger partial charge in [-0.05, 0) is 101 Å². The molecule has 3 aromatic rings. The number of para-hydroxylation sites is 1. The molecule has 0 bridgehead atoms. The maximum Gasteiger partial charge on any atom is 0.245 e. The fraction of sp³-hybridized carbons (Fsp3) is 0.513. The number of hydrogen-bond donors (Lipinski definition) is 0. The van der Waals surface area contributed by atoms with Gasteiger partial charge in [-0.2, -0.15) is 0 Å². The highest BCUT2D eigenvalue weighted by atomic mass is 32.2. The summed E-state index contributed by atoms with van der Waals surface area (Å²) < 4.78 is 28.5. The van der Waals surface area contributed by atoms with Crippen LogP contribution in [0, 0.1) is 0 Å². The number of unbranched alkanes of at least 4 members (excludes halogenated alkanes) is 1. The second-order valence-corrected chi connectivity index (χ2v) is 14.2. The highest BCUT2D eigenvalue weighted by Crippen LogP contribution is 2.49. The van der Waals surface area contributed by atoms with Gasteiger partial charge >= 0.3 is 0 Å². The highest BCUT2D eigenvalue weighted by molar-refractivity contribution is 8.00. The number of benzene rings is 3. The summed E-state index contributed by atoms with van der Waals surface area (Å²) in [4.78, 5) is 24.3. The van der Waals surface area contributed by atoms with Crippen LogP contribution in [0.25, 0.3) is 0 Å². The minimum Gasteiger partial charge on any atom is -0.497 e. The van der Waals surface area contributed by atoms with Gasteiger partial charge in [0, 0.05) is 49.7 Å². The normalized spacial score (nSPS) is 16.7. The van der Waals surface area contributed by atoms with E-state index in [9.17, 15) is 4.79 Å². The zero-order chi connectivity index (χ0) is 35.5. The maximum absolute atomic E-state index is 14.1. The number of amides is 1. The summed E-state index contributed by atoms with van der Waals surface area (Å²) in [5.41, 5.74) is 3.03. The number of thioether (sulfide) groups is 1. The number of fused-ring (bicyclic) bond motifs is 1. The van der Waals surface area contributed by atoms with Crippen molar-refractivity contribution in [2.24, 2.45) is 0 Å². The number of ether oxygens (including phenoxy) is 5. The smallest absolute Gasteiger partial charge is 0.245 e. The molecule has 0 spiro atoms. The first-order valence-corrected chi connectivity index (χ1v) is 18.5. The number of rotatable bonds is 18. The quantitative estimate of drug-likeness (QED) is 0.150. The van der Waals surface area contributed by atoms with E-state index in [1.165, 1.54) is 5.56 Å². The lowest BCUT2D eigenvalue weighted by atomic mass is 10.1. The van der Waals surface area contributed by atoms with E-state index in [4.69, 9.17) is 23.7 Å². The monoisotopic (exact) mass is 706 g/mol. The molecular formula is C39H54N4O6S. The first-order valence-electron chi connectivity index (χ1n) is 17.6. The van der Waals surface area contributed by atoms with Crippen molar-refractivity contribution in [1.82, 2.24) is 14.7 Å². The van der Waals surface area contributed by atoms with E-state index in [1.54, 1.807) is 40.2 Å². The molecule has 0 aromatic heterocycles. The van der Waals surface area contributed by atoms with Crippen LogP contribution in [-0.4, -0.2) is 122 Å². The van der Waals surface area contributed by atoms with Gasteiger partial charge < -0.3 is 43.3 Å². The number of hydrogen-bond acceptors (Lipinski definition) is 10. The average molecular weight is 707 g/mol. The Labute approximate surface area is 302 Å². The van der Waals surface area contributed by atoms with Crippen molar-refractivity contribution in [2.75, 3.05) is 106 Å². The van der Waals surface area contributed by atoms with Crippen molar-refractivity contribution in [2.45, 2.75) is 35.8 Å². The maximum atomic E-state index is 14.1. The second kappa shape index (κ2) is 18.6. The van der Waals surface area contributed by atoms with Crippen LogP contribution in [0.5, 0.6) is 28.7 Å². The van der Waals surface area contributed by atoms with Gasteiger partial charge in [-0.3, -0.25) is 4.79 Å². The molecule has 0 N–H and O–H groups in total. The zero-order valence-electron chi connectivity index (χ0n) is 30.6. The number of methoxy groups -OCH3 is 4. The van der Waals surface area contributed by atoms with Crippen molar-refractivity contribution < 1.29 is 28.5 Å². The molecule has 0 radical (unpaired) electrons. The first-order chi connectivity index (χ1) is 24.3. The topological polar surface area (TPSA) is 76.2 Å². The van der Waals surface area contributed by atoms with E-state index in [1.807, 2.05) is 53.4 Å². The van der Waals surface area contributed by atoms with E-state index in [2.05, 4.69) is 34.9 Å². The van der Waals surface area contributed by atoms with Crippen LogP contribution in [0.2, 0.25) is 0 Å². The van der Waals surface area contributed by atoms with Gasteiger partial charge in [0.15, 0.2) is 11.5 Å². The zero-order valence-corrected chi connectivity index (χ0v) is 31.4. The van der Waals surface area contributed by atoms with Gasteiger partial charge in [0.05, 0.1) is 40.7 Å². The van der Waals surface area contributed by atoms with Gasteiger partial charge in [-0.15, -0.1) is 11.8 Å². The molecule has 50 heavy (non-hydrogen) atoms. The Kier molecular flexibility index (Phi) is 14.0. The molecule has 1 amide bonds. The third kappa shape index (κ3) is 9.57. The molecule has 1 atom stereocenters. The molecule has 3 aromatic carbocycles. The predicted octanol–water partition coefficient (Wildman–Crippen LogP) is 5.87. The molecule has 0 aliphatic carbocycles. The lowest BCUT2D eigenvalue weighted by Gasteiger charge is -2.35. The second-order valence-electron chi connectivity index (χ2n) is 13.0. The van der Waals surface area contributed by atoms with Crippen LogP contribution in [0.15, 0.2) is 59.5 Å². The Morgan fingerprint density at radius 3 is 2.12 bits per heavy atom. The molecule has 2 heterocycles. The van der Waals surface area contributed by atoms with Gasteiger partial charge in [-0.1, -0.05) is 12.1 Å². The summed E-state index contributed by atoms with van der Waals surface area (Å²) >= 11 is 1.60. The fourth-order valence-electron chi connectivity index (χ4n) is 6.60. The van der Waals surface area contributed by atoms with Crippen molar-refractivity contribution in [3.05, 3.63) is 65.7 Å². The largest absolute Gasteiger partial charge is 0.497 e. The van der Waals surface area contributed by atoms with Crippen molar-refractivity contribution in [3.63, 3.8) is 0 Å². The molecule has 2 aliphatic rings. The summed E-state index contributed by atoms with van der Waals surface area (Å²) in [7, 11) is 10.7. The van der Waals surface area contributed by atoms with Crippen molar-refractivity contribution >= 4 is 23.4 Å². The van der Waals surface area contributed by atoms with Gasteiger partial charge in [0.25, 0.3) is 0 Å². The van der Waals surface area contributed by atoms with E-state index in [0.717, 1.165) is 99.1 Å². The third-order valence-corrected chi connectivity index (χ3v) is 10.7. The molecule has 2 aliphatic heterocycles. The highest BCUT2D eigenvalue weighted by Gasteiger charge is 2.36. The molecule has 1 unspecified atom stereocenters. The average Bonchev–Trinajstić information content (AvgIpc) is 3.14. The molecule has 0 saturated carbocycles.